The summed E-state index contributed by atoms with van der Waals surface area (Å²) in [5, 5.41) is 11.5. The van der Waals surface area contributed by atoms with Crippen LogP contribution >= 0.6 is 11.6 Å². The van der Waals surface area contributed by atoms with Crippen molar-refractivity contribution in [3.63, 3.8) is 0 Å². The van der Waals surface area contributed by atoms with Crippen LogP contribution in [0.4, 0.5) is 0 Å². The van der Waals surface area contributed by atoms with Gasteiger partial charge in [0.2, 0.25) is 5.91 Å². The average Bonchev–Trinajstić information content (AvgIpc) is 2.84. The third kappa shape index (κ3) is 7.29. The molecule has 2 N–H and O–H groups in total. The van der Waals surface area contributed by atoms with Crippen LogP contribution in [0.3, 0.4) is 0 Å². The van der Waals surface area contributed by atoms with Gasteiger partial charge >= 0.3 is 0 Å². The van der Waals surface area contributed by atoms with Crippen LogP contribution in [0.25, 0.3) is 11.4 Å². The van der Waals surface area contributed by atoms with Crippen molar-refractivity contribution in [3.05, 3.63) is 69.1 Å². The van der Waals surface area contributed by atoms with E-state index in [0.717, 1.165) is 12.0 Å². The highest BCUT2D eigenvalue weighted by Gasteiger charge is 2.12. The highest BCUT2D eigenvalue weighted by molar-refractivity contribution is 6.30. The number of carbonyl (C=O) groups excluding carboxylic acids is 1. The first-order valence-corrected chi connectivity index (χ1v) is 11.1. The monoisotopic (exact) mass is 486 g/mol. The van der Waals surface area contributed by atoms with Gasteiger partial charge in [-0.3, -0.25) is 9.59 Å². The van der Waals surface area contributed by atoms with Crippen LogP contribution in [-0.2, 0) is 22.6 Å². The first kappa shape index (κ1) is 25.2. The van der Waals surface area contributed by atoms with Crippen LogP contribution in [0.5, 0.6) is 11.5 Å². The Kier molecular flexibility index (Phi) is 9.42. The zero-order valence-electron chi connectivity index (χ0n) is 19.1. The van der Waals surface area contributed by atoms with Gasteiger partial charge in [0.25, 0.3) is 5.56 Å². The minimum absolute atomic E-state index is 0.149. The topological polar surface area (TPSA) is 115 Å². The quantitative estimate of drug-likeness (QED) is 0.378. The van der Waals surface area contributed by atoms with E-state index < -0.39 is 5.56 Å². The number of nitrogens with zero attached hydrogens (tertiary/aromatic N) is 2. The maximum atomic E-state index is 12.5. The molecule has 34 heavy (non-hydrogen) atoms. The minimum Gasteiger partial charge on any atom is -0.493 e. The lowest BCUT2D eigenvalue weighted by Gasteiger charge is -2.12. The van der Waals surface area contributed by atoms with Gasteiger partial charge in [-0.25, -0.2) is 0 Å². The van der Waals surface area contributed by atoms with Gasteiger partial charge in [-0.15, -0.1) is 10.2 Å². The molecule has 0 saturated heterocycles. The normalized spacial score (nSPS) is 10.7. The molecule has 0 fully saturated rings. The Balaban J connectivity index is 1.63. The molecule has 1 amide bonds. The number of aromatic amines is 1. The van der Waals surface area contributed by atoms with Crippen LogP contribution in [-0.4, -0.2) is 48.5 Å². The van der Waals surface area contributed by atoms with E-state index in [1.165, 1.54) is 7.11 Å². The predicted molar refractivity (Wildman–Crippen MR) is 128 cm³/mol. The van der Waals surface area contributed by atoms with Gasteiger partial charge in [0, 0.05) is 43.7 Å². The summed E-state index contributed by atoms with van der Waals surface area (Å²) in [7, 11) is 3.14. The lowest BCUT2D eigenvalue weighted by molar-refractivity contribution is -0.121. The molecule has 9 nitrogen and oxygen atoms in total. The molecule has 0 spiro atoms. The fourth-order valence-corrected chi connectivity index (χ4v) is 3.35. The molecule has 0 bridgehead atoms. The summed E-state index contributed by atoms with van der Waals surface area (Å²) in [5.41, 5.74) is 1.34. The summed E-state index contributed by atoms with van der Waals surface area (Å²) >= 11 is 6.02. The van der Waals surface area contributed by atoms with Gasteiger partial charge < -0.3 is 24.5 Å². The lowest BCUT2D eigenvalue weighted by Crippen LogP contribution is -2.27. The van der Waals surface area contributed by atoms with E-state index >= 15 is 0 Å². The number of benzene rings is 2. The van der Waals surface area contributed by atoms with Crippen LogP contribution in [0.1, 0.15) is 24.1 Å². The number of methoxy groups -OCH3 is 2. The van der Waals surface area contributed by atoms with E-state index in [4.69, 9.17) is 25.8 Å². The number of halogens is 1. The number of carbonyl (C=O) groups is 1. The van der Waals surface area contributed by atoms with Crippen molar-refractivity contribution < 1.29 is 19.0 Å². The summed E-state index contributed by atoms with van der Waals surface area (Å²) in [5.74, 6) is 1.16. The lowest BCUT2D eigenvalue weighted by atomic mass is 10.2. The average molecular weight is 487 g/mol. The molecule has 1 heterocycles. The van der Waals surface area contributed by atoms with Crippen molar-refractivity contribution in [2.45, 2.75) is 25.9 Å². The Bertz CT molecular complexity index is 1170. The van der Waals surface area contributed by atoms with E-state index in [2.05, 4.69) is 20.5 Å². The Morgan fingerprint density at radius 1 is 1.12 bits per heavy atom. The molecule has 2 aromatic carbocycles. The Morgan fingerprint density at radius 3 is 2.71 bits per heavy atom. The molecule has 0 saturated carbocycles. The number of ether oxygens (including phenoxy) is 3. The zero-order chi connectivity index (χ0) is 24.3. The summed E-state index contributed by atoms with van der Waals surface area (Å²) in [4.78, 5) is 27.1. The molecule has 0 aliphatic rings. The van der Waals surface area contributed by atoms with Crippen molar-refractivity contribution in [1.82, 2.24) is 20.5 Å². The van der Waals surface area contributed by atoms with Crippen molar-refractivity contribution in [1.29, 1.82) is 0 Å². The van der Waals surface area contributed by atoms with Gasteiger partial charge in [0.15, 0.2) is 17.3 Å². The number of H-pyrrole nitrogens is 1. The maximum Gasteiger partial charge on any atom is 0.273 e. The van der Waals surface area contributed by atoms with Gasteiger partial charge in [-0.05, 0) is 42.3 Å². The van der Waals surface area contributed by atoms with Crippen LogP contribution < -0.4 is 20.3 Å². The number of amides is 1. The first-order chi connectivity index (χ1) is 16.5. The van der Waals surface area contributed by atoms with Gasteiger partial charge in [0.1, 0.15) is 12.3 Å². The fourth-order valence-electron chi connectivity index (χ4n) is 3.14. The largest absolute Gasteiger partial charge is 0.493 e. The fraction of sp³-hybridized carbons (Fsp3) is 0.333. The molecule has 0 aliphatic carbocycles. The standard InChI is InChI=1S/C24H27ClN4O5/c1-32-12-4-11-26-22(30)10-8-19-24(31)27-23(29-28-19)17-7-9-20(21(14-17)33-2)34-15-16-5-3-6-18(25)13-16/h3,5-7,9,13-14H,4,8,10-12,15H2,1-2H3,(H,26,30)(H,27,29,31). The first-order valence-electron chi connectivity index (χ1n) is 10.8. The molecule has 1 aromatic heterocycles. The molecule has 0 radical (unpaired) electrons. The molecular weight excluding hydrogens is 460 g/mol. The van der Waals surface area contributed by atoms with Crippen LogP contribution in [0, 0.1) is 0 Å². The number of aromatic nitrogens is 3. The second-order valence-corrected chi connectivity index (χ2v) is 7.87. The molecule has 0 atom stereocenters. The highest BCUT2D eigenvalue weighted by Crippen LogP contribution is 2.31. The Hall–Kier alpha value is -3.43. The maximum absolute atomic E-state index is 12.5. The van der Waals surface area contributed by atoms with E-state index in [-0.39, 0.29) is 30.3 Å². The molecule has 0 aliphatic heterocycles. The predicted octanol–water partition coefficient (Wildman–Crippen LogP) is 3.16. The minimum atomic E-state index is -0.391. The van der Waals surface area contributed by atoms with E-state index in [0.29, 0.717) is 41.8 Å². The summed E-state index contributed by atoms with van der Waals surface area (Å²) in [6.07, 6.45) is 1.07. The molecular formula is C24H27ClN4O5. The number of rotatable bonds is 12. The Morgan fingerprint density at radius 2 is 1.97 bits per heavy atom. The van der Waals surface area contributed by atoms with Gasteiger partial charge in [-0.2, -0.15) is 0 Å². The van der Waals surface area contributed by atoms with E-state index in [1.807, 2.05) is 18.2 Å². The van der Waals surface area contributed by atoms with Crippen molar-refractivity contribution in [2.75, 3.05) is 27.4 Å². The third-order valence-electron chi connectivity index (χ3n) is 4.92. The molecule has 0 unspecified atom stereocenters. The number of hydrogen-bond acceptors (Lipinski definition) is 7. The SMILES string of the molecule is COCCCNC(=O)CCc1nnc(-c2ccc(OCc3cccc(Cl)c3)c(OC)c2)[nH]c1=O. The summed E-state index contributed by atoms with van der Waals surface area (Å²) < 4.78 is 16.2. The Labute approximate surface area is 202 Å². The van der Waals surface area contributed by atoms with E-state index in [1.54, 1.807) is 31.4 Å². The van der Waals surface area contributed by atoms with Crippen molar-refractivity contribution in [2.24, 2.45) is 0 Å². The number of hydrogen-bond donors (Lipinski definition) is 2. The van der Waals surface area contributed by atoms with Gasteiger partial charge in [0.05, 0.1) is 7.11 Å². The van der Waals surface area contributed by atoms with Crippen molar-refractivity contribution in [3.8, 4) is 22.9 Å². The molecule has 10 heteroatoms. The second-order valence-electron chi connectivity index (χ2n) is 7.43. The molecule has 180 valence electrons. The zero-order valence-corrected chi connectivity index (χ0v) is 19.9. The van der Waals surface area contributed by atoms with Gasteiger partial charge in [-0.1, -0.05) is 23.7 Å². The van der Waals surface area contributed by atoms with Crippen molar-refractivity contribution >= 4 is 17.5 Å². The summed E-state index contributed by atoms with van der Waals surface area (Å²) in [6, 6.07) is 12.6. The highest BCUT2D eigenvalue weighted by atomic mass is 35.5. The third-order valence-corrected chi connectivity index (χ3v) is 5.16. The molecule has 3 rings (SSSR count). The van der Waals surface area contributed by atoms with E-state index in [9.17, 15) is 9.59 Å². The van der Waals surface area contributed by atoms with Crippen LogP contribution in [0.15, 0.2) is 47.3 Å². The second kappa shape index (κ2) is 12.7. The number of aryl methyl sites for hydroxylation is 1. The van der Waals surface area contributed by atoms with Crippen LogP contribution in [0.2, 0.25) is 5.02 Å². The number of nitrogens with one attached hydrogen (secondary N) is 2. The smallest absolute Gasteiger partial charge is 0.273 e. The summed E-state index contributed by atoms with van der Waals surface area (Å²) in [6.45, 7) is 1.42. The molecule has 3 aromatic rings.